The summed E-state index contributed by atoms with van der Waals surface area (Å²) >= 11 is 0. The fraction of sp³-hybridized carbons (Fsp3) is 0.294. The van der Waals surface area contributed by atoms with Crippen LogP contribution in [0.25, 0.3) is 0 Å². The molecule has 0 radical (unpaired) electrons. The van der Waals surface area contributed by atoms with Crippen molar-refractivity contribution in [2.24, 2.45) is 0 Å². The van der Waals surface area contributed by atoms with Gasteiger partial charge in [0.25, 0.3) is 0 Å². The Labute approximate surface area is 130 Å². The Hall–Kier alpha value is -1.69. The smallest absolute Gasteiger partial charge is 0.240 e. The number of rotatable bonds is 3. The normalized spacial score (nSPS) is 21.4. The SMILES string of the molecule is Cc1ccc(S(=O)(=O)N[C@H]2CCc3ccccc3[C@H]2O)cc1. The minimum absolute atomic E-state index is 0.226. The fourth-order valence-electron chi connectivity index (χ4n) is 2.84. The third-order valence-electron chi connectivity index (χ3n) is 4.12. The largest absolute Gasteiger partial charge is 0.387 e. The lowest BCUT2D eigenvalue weighted by molar-refractivity contribution is 0.126. The van der Waals surface area contributed by atoms with Crippen molar-refractivity contribution in [3.8, 4) is 0 Å². The van der Waals surface area contributed by atoms with E-state index in [4.69, 9.17) is 0 Å². The van der Waals surface area contributed by atoms with E-state index in [1.807, 2.05) is 31.2 Å². The molecule has 1 aliphatic rings. The van der Waals surface area contributed by atoms with Gasteiger partial charge in [0.2, 0.25) is 10.0 Å². The van der Waals surface area contributed by atoms with Crippen LogP contribution in [0.3, 0.4) is 0 Å². The Morgan fingerprint density at radius 3 is 2.50 bits per heavy atom. The number of aliphatic hydroxyl groups is 1. The van der Waals surface area contributed by atoms with E-state index in [1.165, 1.54) is 0 Å². The second kappa shape index (κ2) is 5.83. The predicted molar refractivity (Wildman–Crippen MR) is 85.0 cm³/mol. The van der Waals surface area contributed by atoms with Gasteiger partial charge in [-0.05, 0) is 43.0 Å². The molecule has 0 fully saturated rings. The molecule has 0 saturated carbocycles. The van der Waals surface area contributed by atoms with E-state index in [2.05, 4.69) is 4.72 Å². The van der Waals surface area contributed by atoms with Crippen molar-refractivity contribution in [2.45, 2.75) is 36.8 Å². The summed E-state index contributed by atoms with van der Waals surface area (Å²) in [5, 5.41) is 10.4. The molecule has 0 amide bonds. The molecular weight excluding hydrogens is 298 g/mol. The molecule has 2 N–H and O–H groups in total. The predicted octanol–water partition coefficient (Wildman–Crippen LogP) is 2.32. The number of fused-ring (bicyclic) bond motifs is 1. The number of aryl methyl sites for hydroxylation is 2. The summed E-state index contributed by atoms with van der Waals surface area (Å²) in [6, 6.07) is 13.8. The van der Waals surface area contributed by atoms with Crippen LogP contribution in [0.2, 0.25) is 0 Å². The summed E-state index contributed by atoms with van der Waals surface area (Å²) in [5.41, 5.74) is 2.90. The monoisotopic (exact) mass is 317 g/mol. The molecule has 3 rings (SSSR count). The number of aliphatic hydroxyl groups excluding tert-OH is 1. The molecule has 0 spiro atoms. The number of benzene rings is 2. The van der Waals surface area contributed by atoms with E-state index in [0.717, 1.165) is 23.1 Å². The quantitative estimate of drug-likeness (QED) is 0.913. The average molecular weight is 317 g/mol. The van der Waals surface area contributed by atoms with Gasteiger partial charge in [-0.3, -0.25) is 0 Å². The van der Waals surface area contributed by atoms with Crippen LogP contribution in [0.5, 0.6) is 0 Å². The first-order valence-electron chi connectivity index (χ1n) is 7.32. The molecule has 0 aromatic heterocycles. The van der Waals surface area contributed by atoms with Crippen molar-refractivity contribution in [3.05, 3.63) is 65.2 Å². The topological polar surface area (TPSA) is 66.4 Å². The summed E-state index contributed by atoms with van der Waals surface area (Å²) in [5.74, 6) is 0. The molecule has 0 saturated heterocycles. The van der Waals surface area contributed by atoms with Gasteiger partial charge in [0.15, 0.2) is 0 Å². The summed E-state index contributed by atoms with van der Waals surface area (Å²) in [6.45, 7) is 1.91. The standard InChI is InChI=1S/C17H19NO3S/c1-12-6-9-14(10-7-12)22(20,21)18-16-11-8-13-4-2-3-5-15(13)17(16)19/h2-7,9-10,16-19H,8,11H2,1H3/t16-,17+/m0/s1. The van der Waals surface area contributed by atoms with Gasteiger partial charge in [-0.25, -0.2) is 13.1 Å². The number of nitrogens with one attached hydrogen (secondary N) is 1. The summed E-state index contributed by atoms with van der Waals surface area (Å²) in [6.07, 6.45) is 0.530. The Morgan fingerprint density at radius 2 is 1.77 bits per heavy atom. The van der Waals surface area contributed by atoms with E-state index < -0.39 is 22.2 Å². The van der Waals surface area contributed by atoms with Gasteiger partial charge in [-0.2, -0.15) is 0 Å². The van der Waals surface area contributed by atoms with Gasteiger partial charge < -0.3 is 5.11 Å². The van der Waals surface area contributed by atoms with Gasteiger partial charge in [-0.1, -0.05) is 42.0 Å². The maximum Gasteiger partial charge on any atom is 0.240 e. The number of hydrogen-bond acceptors (Lipinski definition) is 3. The maximum absolute atomic E-state index is 12.4. The third kappa shape index (κ3) is 2.92. The van der Waals surface area contributed by atoms with E-state index in [1.54, 1.807) is 24.3 Å². The Kier molecular flexibility index (Phi) is 4.04. The molecule has 2 aromatic rings. The zero-order valence-electron chi connectivity index (χ0n) is 12.4. The van der Waals surface area contributed by atoms with E-state index in [9.17, 15) is 13.5 Å². The van der Waals surface area contributed by atoms with Crippen molar-refractivity contribution in [3.63, 3.8) is 0 Å². The lowest BCUT2D eigenvalue weighted by Crippen LogP contribution is -2.41. The Bertz CT molecular complexity index is 769. The highest BCUT2D eigenvalue weighted by Crippen LogP contribution is 2.30. The van der Waals surface area contributed by atoms with Crippen molar-refractivity contribution >= 4 is 10.0 Å². The molecule has 116 valence electrons. The molecule has 2 aromatic carbocycles. The first kappa shape index (κ1) is 15.2. The van der Waals surface area contributed by atoms with Crippen LogP contribution in [0.4, 0.5) is 0 Å². The highest BCUT2D eigenvalue weighted by Gasteiger charge is 2.31. The summed E-state index contributed by atoms with van der Waals surface area (Å²) in [7, 11) is -3.62. The second-order valence-corrected chi connectivity index (χ2v) is 7.44. The lowest BCUT2D eigenvalue weighted by atomic mass is 9.86. The molecule has 5 heteroatoms. The first-order valence-corrected chi connectivity index (χ1v) is 8.80. The van der Waals surface area contributed by atoms with Crippen LogP contribution < -0.4 is 4.72 Å². The van der Waals surface area contributed by atoms with Gasteiger partial charge in [0.05, 0.1) is 17.0 Å². The van der Waals surface area contributed by atoms with Crippen LogP contribution in [-0.4, -0.2) is 19.6 Å². The van der Waals surface area contributed by atoms with Crippen LogP contribution in [0, 0.1) is 6.92 Å². The highest BCUT2D eigenvalue weighted by molar-refractivity contribution is 7.89. The van der Waals surface area contributed by atoms with Crippen LogP contribution in [0.1, 0.15) is 29.2 Å². The molecule has 2 atom stereocenters. The van der Waals surface area contributed by atoms with Crippen molar-refractivity contribution in [1.82, 2.24) is 4.72 Å². The zero-order chi connectivity index (χ0) is 15.7. The fourth-order valence-corrected chi connectivity index (χ4v) is 4.12. The summed E-state index contributed by atoms with van der Waals surface area (Å²) in [4.78, 5) is 0.226. The van der Waals surface area contributed by atoms with Crippen molar-refractivity contribution in [1.29, 1.82) is 0 Å². The minimum atomic E-state index is -3.62. The summed E-state index contributed by atoms with van der Waals surface area (Å²) < 4.78 is 27.5. The van der Waals surface area contributed by atoms with Crippen LogP contribution in [-0.2, 0) is 16.4 Å². The lowest BCUT2D eigenvalue weighted by Gasteiger charge is -2.30. The van der Waals surface area contributed by atoms with E-state index >= 15 is 0 Å². The van der Waals surface area contributed by atoms with Crippen molar-refractivity contribution < 1.29 is 13.5 Å². The van der Waals surface area contributed by atoms with E-state index in [0.29, 0.717) is 6.42 Å². The van der Waals surface area contributed by atoms with Gasteiger partial charge in [-0.15, -0.1) is 0 Å². The maximum atomic E-state index is 12.4. The molecule has 0 heterocycles. The molecule has 4 nitrogen and oxygen atoms in total. The minimum Gasteiger partial charge on any atom is -0.387 e. The Balaban J connectivity index is 1.83. The second-order valence-electron chi connectivity index (χ2n) is 5.72. The third-order valence-corrected chi connectivity index (χ3v) is 5.62. The Morgan fingerprint density at radius 1 is 1.09 bits per heavy atom. The van der Waals surface area contributed by atoms with E-state index in [-0.39, 0.29) is 4.90 Å². The van der Waals surface area contributed by atoms with Crippen molar-refractivity contribution in [2.75, 3.05) is 0 Å². The zero-order valence-corrected chi connectivity index (χ0v) is 13.2. The number of hydrogen-bond donors (Lipinski definition) is 2. The molecule has 0 bridgehead atoms. The molecular formula is C17H19NO3S. The molecule has 1 aliphatic carbocycles. The highest BCUT2D eigenvalue weighted by atomic mass is 32.2. The molecule has 0 aliphatic heterocycles. The average Bonchev–Trinajstić information content (AvgIpc) is 2.51. The first-order chi connectivity index (χ1) is 10.5. The van der Waals surface area contributed by atoms with Crippen LogP contribution in [0.15, 0.2) is 53.4 Å². The molecule has 22 heavy (non-hydrogen) atoms. The van der Waals surface area contributed by atoms with Gasteiger partial charge >= 0.3 is 0 Å². The van der Waals surface area contributed by atoms with Gasteiger partial charge in [0, 0.05) is 0 Å². The molecule has 0 unspecified atom stereocenters. The van der Waals surface area contributed by atoms with Gasteiger partial charge in [0.1, 0.15) is 0 Å². The van der Waals surface area contributed by atoms with Crippen LogP contribution >= 0.6 is 0 Å². The number of sulfonamides is 1.